The number of ether oxygens (including phenoxy) is 1. The average Bonchev–Trinajstić information content (AvgIpc) is 3.23. The van der Waals surface area contributed by atoms with Gasteiger partial charge in [0.15, 0.2) is 0 Å². The standard InChI is InChI=1S/C15H19NO5S/c17-15(18)10-21-13-6-7-16(9-13)22(19,20)14-3-1-2-12(8-14)11-4-5-11/h1-3,8,11,13H,4-7,9-10H2,(H,17,18)/t13-/m0/s1. The van der Waals surface area contributed by atoms with Crippen LogP contribution in [0.2, 0.25) is 0 Å². The van der Waals surface area contributed by atoms with Crippen LogP contribution in [0, 0.1) is 0 Å². The van der Waals surface area contributed by atoms with Gasteiger partial charge in [-0.05, 0) is 42.9 Å². The molecule has 3 rings (SSSR count). The Bertz CT molecular complexity index is 668. The Balaban J connectivity index is 1.70. The molecule has 1 heterocycles. The van der Waals surface area contributed by atoms with Gasteiger partial charge in [0.05, 0.1) is 11.0 Å². The van der Waals surface area contributed by atoms with E-state index in [1.807, 2.05) is 6.07 Å². The van der Waals surface area contributed by atoms with Crippen molar-refractivity contribution in [1.82, 2.24) is 4.31 Å². The van der Waals surface area contributed by atoms with Gasteiger partial charge in [0.1, 0.15) is 6.61 Å². The molecule has 1 aromatic carbocycles. The van der Waals surface area contributed by atoms with Crippen LogP contribution in [0.15, 0.2) is 29.2 Å². The van der Waals surface area contributed by atoms with E-state index >= 15 is 0 Å². The maximum atomic E-state index is 12.7. The number of carboxylic acid groups (broad SMARTS) is 1. The topological polar surface area (TPSA) is 83.9 Å². The van der Waals surface area contributed by atoms with Gasteiger partial charge in [0.25, 0.3) is 0 Å². The highest BCUT2D eigenvalue weighted by molar-refractivity contribution is 7.89. The van der Waals surface area contributed by atoms with Crippen LogP contribution in [0.25, 0.3) is 0 Å². The molecule has 1 atom stereocenters. The van der Waals surface area contributed by atoms with Crippen molar-refractivity contribution >= 4 is 16.0 Å². The fourth-order valence-electron chi connectivity index (χ4n) is 2.74. The molecule has 1 aromatic rings. The Morgan fingerprint density at radius 2 is 2.09 bits per heavy atom. The zero-order valence-corrected chi connectivity index (χ0v) is 13.0. The van der Waals surface area contributed by atoms with Crippen molar-refractivity contribution in [1.29, 1.82) is 0 Å². The smallest absolute Gasteiger partial charge is 0.329 e. The van der Waals surface area contributed by atoms with Gasteiger partial charge in [-0.3, -0.25) is 0 Å². The molecule has 1 saturated heterocycles. The lowest BCUT2D eigenvalue weighted by molar-refractivity contribution is -0.144. The van der Waals surface area contributed by atoms with E-state index in [0.717, 1.165) is 18.4 Å². The van der Waals surface area contributed by atoms with Crippen LogP contribution in [-0.4, -0.2) is 49.6 Å². The van der Waals surface area contributed by atoms with Crippen LogP contribution in [0.3, 0.4) is 0 Å². The molecule has 120 valence electrons. The van der Waals surface area contributed by atoms with E-state index in [1.165, 1.54) is 4.31 Å². The van der Waals surface area contributed by atoms with Gasteiger partial charge in [-0.1, -0.05) is 12.1 Å². The summed E-state index contributed by atoms with van der Waals surface area (Å²) in [5, 5.41) is 8.61. The van der Waals surface area contributed by atoms with Crippen molar-refractivity contribution in [2.75, 3.05) is 19.7 Å². The van der Waals surface area contributed by atoms with Crippen LogP contribution in [-0.2, 0) is 19.6 Å². The molecule has 0 unspecified atom stereocenters. The van der Waals surface area contributed by atoms with E-state index in [1.54, 1.807) is 18.2 Å². The van der Waals surface area contributed by atoms with Gasteiger partial charge in [-0.15, -0.1) is 0 Å². The number of hydrogen-bond donors (Lipinski definition) is 1. The molecular weight excluding hydrogens is 306 g/mol. The number of aliphatic carboxylic acids is 1. The Kier molecular flexibility index (Phi) is 4.20. The second-order valence-electron chi connectivity index (χ2n) is 5.83. The van der Waals surface area contributed by atoms with Crippen LogP contribution in [0.4, 0.5) is 0 Å². The first-order valence-corrected chi connectivity index (χ1v) is 8.84. The zero-order chi connectivity index (χ0) is 15.7. The van der Waals surface area contributed by atoms with Crippen molar-refractivity contribution in [3.8, 4) is 0 Å². The lowest BCUT2D eigenvalue weighted by atomic mass is 10.1. The van der Waals surface area contributed by atoms with Crippen LogP contribution in [0.1, 0.15) is 30.7 Å². The van der Waals surface area contributed by atoms with Crippen molar-refractivity contribution in [2.24, 2.45) is 0 Å². The summed E-state index contributed by atoms with van der Waals surface area (Å²) in [6, 6.07) is 7.14. The molecule has 1 N–H and O–H groups in total. The van der Waals surface area contributed by atoms with Gasteiger partial charge < -0.3 is 9.84 Å². The Hall–Kier alpha value is -1.44. The van der Waals surface area contributed by atoms with Crippen molar-refractivity contribution in [2.45, 2.75) is 36.2 Å². The molecule has 1 aliphatic carbocycles. The Morgan fingerprint density at radius 1 is 1.32 bits per heavy atom. The summed E-state index contributed by atoms with van der Waals surface area (Å²) in [6.45, 7) is 0.180. The Labute approximate surface area is 129 Å². The monoisotopic (exact) mass is 325 g/mol. The fourth-order valence-corrected chi connectivity index (χ4v) is 4.28. The maximum Gasteiger partial charge on any atom is 0.329 e. The molecule has 7 heteroatoms. The summed E-state index contributed by atoms with van der Waals surface area (Å²) in [5.74, 6) is -0.543. The van der Waals surface area contributed by atoms with E-state index in [-0.39, 0.29) is 12.6 Å². The molecule has 0 radical (unpaired) electrons. The summed E-state index contributed by atoms with van der Waals surface area (Å²) in [7, 11) is -3.53. The molecule has 1 aliphatic heterocycles. The summed E-state index contributed by atoms with van der Waals surface area (Å²) < 4.78 is 31.9. The minimum atomic E-state index is -3.53. The van der Waals surface area contributed by atoms with Crippen molar-refractivity contribution in [3.05, 3.63) is 29.8 Å². The predicted molar refractivity (Wildman–Crippen MR) is 79.2 cm³/mol. The minimum absolute atomic E-state index is 0.212. The molecule has 22 heavy (non-hydrogen) atoms. The van der Waals surface area contributed by atoms with Crippen LogP contribution in [0.5, 0.6) is 0 Å². The SMILES string of the molecule is O=C(O)CO[C@H]1CCN(S(=O)(=O)c2cccc(C3CC3)c2)C1. The normalized spacial score (nSPS) is 22.8. The van der Waals surface area contributed by atoms with Crippen LogP contribution >= 0.6 is 0 Å². The largest absolute Gasteiger partial charge is 0.480 e. The van der Waals surface area contributed by atoms with E-state index in [4.69, 9.17) is 9.84 Å². The lowest BCUT2D eigenvalue weighted by Crippen LogP contribution is -2.30. The highest BCUT2D eigenvalue weighted by Crippen LogP contribution is 2.40. The molecule has 0 bridgehead atoms. The van der Waals surface area contributed by atoms with Crippen LogP contribution < -0.4 is 0 Å². The first-order chi connectivity index (χ1) is 10.5. The molecular formula is C15H19NO5S. The van der Waals surface area contributed by atoms with Gasteiger partial charge in [0, 0.05) is 13.1 Å². The maximum absolute atomic E-state index is 12.7. The molecule has 2 fully saturated rings. The third-order valence-electron chi connectivity index (χ3n) is 4.09. The second-order valence-corrected chi connectivity index (χ2v) is 7.76. The molecule has 6 nitrogen and oxygen atoms in total. The fraction of sp³-hybridized carbons (Fsp3) is 0.533. The second kappa shape index (κ2) is 5.98. The van der Waals surface area contributed by atoms with E-state index < -0.39 is 22.6 Å². The molecule has 0 spiro atoms. The Morgan fingerprint density at radius 3 is 2.77 bits per heavy atom. The number of hydrogen-bond acceptors (Lipinski definition) is 4. The van der Waals surface area contributed by atoms with Gasteiger partial charge in [-0.2, -0.15) is 4.31 Å². The third-order valence-corrected chi connectivity index (χ3v) is 5.96. The van der Waals surface area contributed by atoms with Crippen molar-refractivity contribution < 1.29 is 23.1 Å². The number of rotatable bonds is 6. The lowest BCUT2D eigenvalue weighted by Gasteiger charge is -2.17. The molecule has 0 amide bonds. The number of carboxylic acids is 1. The summed E-state index contributed by atoms with van der Waals surface area (Å²) >= 11 is 0. The first-order valence-electron chi connectivity index (χ1n) is 7.40. The van der Waals surface area contributed by atoms with Gasteiger partial charge in [0.2, 0.25) is 10.0 Å². The highest BCUT2D eigenvalue weighted by atomic mass is 32.2. The zero-order valence-electron chi connectivity index (χ0n) is 12.1. The highest BCUT2D eigenvalue weighted by Gasteiger charge is 2.34. The van der Waals surface area contributed by atoms with E-state index in [2.05, 4.69) is 0 Å². The van der Waals surface area contributed by atoms with Gasteiger partial charge >= 0.3 is 5.97 Å². The average molecular weight is 325 g/mol. The summed E-state index contributed by atoms with van der Waals surface area (Å²) in [6.07, 6.45) is 2.42. The molecule has 1 saturated carbocycles. The van der Waals surface area contributed by atoms with Gasteiger partial charge in [-0.25, -0.2) is 13.2 Å². The number of carbonyl (C=O) groups is 1. The van der Waals surface area contributed by atoms with E-state index in [9.17, 15) is 13.2 Å². The number of sulfonamides is 1. The number of benzene rings is 1. The van der Waals surface area contributed by atoms with E-state index in [0.29, 0.717) is 23.8 Å². The minimum Gasteiger partial charge on any atom is -0.480 e. The predicted octanol–water partition coefficient (Wildman–Crippen LogP) is 1.43. The number of nitrogens with zero attached hydrogens (tertiary/aromatic N) is 1. The summed E-state index contributed by atoms with van der Waals surface area (Å²) in [5.41, 5.74) is 1.08. The van der Waals surface area contributed by atoms with Crippen molar-refractivity contribution in [3.63, 3.8) is 0 Å². The quantitative estimate of drug-likeness (QED) is 0.855. The summed E-state index contributed by atoms with van der Waals surface area (Å²) in [4.78, 5) is 10.8. The molecule has 2 aliphatic rings. The third kappa shape index (κ3) is 3.31. The molecule has 0 aromatic heterocycles. The first kappa shape index (κ1) is 15.5.